The molecule has 3 aromatic rings. The van der Waals surface area contributed by atoms with Gasteiger partial charge in [-0.25, -0.2) is 13.4 Å². The van der Waals surface area contributed by atoms with Crippen LogP contribution in [0.4, 0.5) is 11.5 Å². The van der Waals surface area contributed by atoms with Crippen molar-refractivity contribution in [2.45, 2.75) is 19.9 Å². The second-order valence-electron chi connectivity index (χ2n) is 7.44. The number of nitrogens with one attached hydrogen (secondary N) is 1. The van der Waals surface area contributed by atoms with Crippen molar-refractivity contribution in [3.05, 3.63) is 71.4 Å². The number of nitrogens with zero attached hydrogens (tertiary/aromatic N) is 1. The van der Waals surface area contributed by atoms with Crippen LogP contribution in [-0.4, -0.2) is 32.5 Å². The third-order valence-electron chi connectivity index (χ3n) is 5.09. The molecule has 0 aliphatic carbocycles. The number of nitrogens with two attached hydrogens (primary N) is 1. The normalized spacial score (nSPS) is 12.4. The topological polar surface area (TPSA) is 94.3 Å². The van der Waals surface area contributed by atoms with Crippen LogP contribution in [0.5, 0.6) is 5.75 Å². The van der Waals surface area contributed by atoms with E-state index in [0.29, 0.717) is 17.3 Å². The fraction of sp³-hybridized carbons (Fsp3) is 0.261. The summed E-state index contributed by atoms with van der Waals surface area (Å²) < 4.78 is 29.6. The molecule has 0 aliphatic heterocycles. The molecule has 3 N–H and O–H groups in total. The number of rotatable bonds is 7. The van der Waals surface area contributed by atoms with E-state index in [2.05, 4.69) is 10.3 Å². The Kier molecular flexibility index (Phi) is 6.31. The molecule has 0 radical (unpaired) electrons. The molecule has 1 atom stereocenters. The lowest BCUT2D eigenvalue weighted by molar-refractivity contribution is 0.411. The van der Waals surface area contributed by atoms with Gasteiger partial charge in [-0.05, 0) is 42.2 Å². The maximum atomic E-state index is 12.1. The van der Waals surface area contributed by atoms with E-state index in [-0.39, 0.29) is 5.75 Å². The summed E-state index contributed by atoms with van der Waals surface area (Å²) in [4.78, 5) is 4.51. The summed E-state index contributed by atoms with van der Waals surface area (Å²) in [6, 6.07) is 15.0. The fourth-order valence-corrected chi connectivity index (χ4v) is 4.27. The predicted octanol–water partition coefficient (Wildman–Crippen LogP) is 4.15. The molecule has 0 saturated heterocycles. The van der Waals surface area contributed by atoms with Crippen molar-refractivity contribution in [2.24, 2.45) is 0 Å². The van der Waals surface area contributed by atoms with Gasteiger partial charge in [-0.15, -0.1) is 0 Å². The van der Waals surface area contributed by atoms with Crippen molar-refractivity contribution in [1.29, 1.82) is 0 Å². The fourth-order valence-electron chi connectivity index (χ4n) is 3.38. The van der Waals surface area contributed by atoms with Crippen LogP contribution < -0.4 is 15.8 Å². The monoisotopic (exact) mass is 425 g/mol. The molecular weight excluding hydrogens is 398 g/mol. The Morgan fingerprint density at radius 3 is 2.47 bits per heavy atom. The SMILES string of the molecule is COc1cc(C(CS(C)(=O)=O)Nc2ncc(-c3ccccc3)c(C)c2N)ccc1C. The number of nitrogen functional groups attached to an aromatic ring is 1. The first kappa shape index (κ1) is 21.6. The first-order chi connectivity index (χ1) is 14.2. The van der Waals surface area contributed by atoms with E-state index in [1.165, 1.54) is 6.26 Å². The standard InChI is InChI=1S/C23H27N3O3S/c1-15-10-11-18(12-21(15)29-3)20(14-30(4,27)28)26-23-22(24)16(2)19(13-25-23)17-8-6-5-7-9-17/h5-13,20H,14,24H2,1-4H3,(H,25,26). The van der Waals surface area contributed by atoms with E-state index in [9.17, 15) is 8.42 Å². The maximum absolute atomic E-state index is 12.1. The molecule has 7 heteroatoms. The highest BCUT2D eigenvalue weighted by Crippen LogP contribution is 2.33. The summed E-state index contributed by atoms with van der Waals surface area (Å²) in [7, 11) is -1.67. The summed E-state index contributed by atoms with van der Waals surface area (Å²) >= 11 is 0. The number of hydrogen-bond donors (Lipinski definition) is 2. The molecule has 1 unspecified atom stereocenters. The van der Waals surface area contributed by atoms with Crippen LogP contribution in [0.25, 0.3) is 11.1 Å². The Labute approximate surface area is 178 Å². The van der Waals surface area contributed by atoms with Crippen LogP contribution in [0, 0.1) is 13.8 Å². The minimum atomic E-state index is -3.27. The van der Waals surface area contributed by atoms with Crippen molar-refractivity contribution >= 4 is 21.3 Å². The number of hydrogen-bond acceptors (Lipinski definition) is 6. The van der Waals surface area contributed by atoms with E-state index in [1.54, 1.807) is 13.3 Å². The molecule has 0 bridgehead atoms. The number of pyridine rings is 1. The van der Waals surface area contributed by atoms with Gasteiger partial charge in [0, 0.05) is 18.0 Å². The highest BCUT2D eigenvalue weighted by molar-refractivity contribution is 7.90. The van der Waals surface area contributed by atoms with Crippen LogP contribution in [-0.2, 0) is 9.84 Å². The molecule has 30 heavy (non-hydrogen) atoms. The van der Waals surface area contributed by atoms with Gasteiger partial charge in [-0.2, -0.15) is 0 Å². The zero-order chi connectivity index (χ0) is 21.9. The third kappa shape index (κ3) is 4.91. The summed E-state index contributed by atoms with van der Waals surface area (Å²) in [5.41, 5.74) is 11.5. The minimum absolute atomic E-state index is 0.0974. The second-order valence-corrected chi connectivity index (χ2v) is 9.63. The maximum Gasteiger partial charge on any atom is 0.149 e. The molecule has 0 fully saturated rings. The first-order valence-corrected chi connectivity index (χ1v) is 11.6. The van der Waals surface area contributed by atoms with Crippen molar-refractivity contribution in [2.75, 3.05) is 30.2 Å². The Bertz CT molecular complexity index is 1150. The molecular formula is C23H27N3O3S. The summed E-state index contributed by atoms with van der Waals surface area (Å²) in [6.07, 6.45) is 2.98. The van der Waals surface area contributed by atoms with E-state index in [4.69, 9.17) is 10.5 Å². The molecule has 0 aliphatic rings. The van der Waals surface area contributed by atoms with Crippen molar-refractivity contribution in [1.82, 2.24) is 4.98 Å². The van der Waals surface area contributed by atoms with E-state index < -0.39 is 15.9 Å². The lowest BCUT2D eigenvalue weighted by atomic mass is 10.0. The number of aryl methyl sites for hydroxylation is 1. The van der Waals surface area contributed by atoms with E-state index in [0.717, 1.165) is 27.8 Å². The van der Waals surface area contributed by atoms with Gasteiger partial charge < -0.3 is 15.8 Å². The quantitative estimate of drug-likeness (QED) is 0.590. The number of sulfone groups is 1. The third-order valence-corrected chi connectivity index (χ3v) is 6.02. The zero-order valence-electron chi connectivity index (χ0n) is 17.6. The van der Waals surface area contributed by atoms with Gasteiger partial charge in [0.25, 0.3) is 0 Å². The molecule has 1 heterocycles. The van der Waals surface area contributed by atoms with Crippen molar-refractivity contribution in [3.8, 4) is 16.9 Å². The van der Waals surface area contributed by atoms with Gasteiger partial charge in [-0.1, -0.05) is 42.5 Å². The van der Waals surface area contributed by atoms with Gasteiger partial charge in [0.05, 0.1) is 24.6 Å². The number of benzene rings is 2. The molecule has 0 saturated carbocycles. The predicted molar refractivity (Wildman–Crippen MR) is 123 cm³/mol. The average molecular weight is 426 g/mol. The minimum Gasteiger partial charge on any atom is -0.496 e. The van der Waals surface area contributed by atoms with E-state index >= 15 is 0 Å². The molecule has 3 rings (SSSR count). The smallest absolute Gasteiger partial charge is 0.149 e. The molecule has 2 aromatic carbocycles. The number of aromatic nitrogens is 1. The summed E-state index contributed by atoms with van der Waals surface area (Å²) in [5.74, 6) is 1.06. The zero-order valence-corrected chi connectivity index (χ0v) is 18.5. The number of anilines is 2. The molecule has 158 valence electrons. The van der Waals surface area contributed by atoms with E-state index in [1.807, 2.05) is 62.4 Å². The van der Waals surface area contributed by atoms with Gasteiger partial charge in [0.2, 0.25) is 0 Å². The molecule has 0 spiro atoms. The van der Waals surface area contributed by atoms with Crippen LogP contribution >= 0.6 is 0 Å². The largest absolute Gasteiger partial charge is 0.496 e. The van der Waals surface area contributed by atoms with Gasteiger partial charge in [0.15, 0.2) is 0 Å². The van der Waals surface area contributed by atoms with Crippen LogP contribution in [0.1, 0.15) is 22.7 Å². The van der Waals surface area contributed by atoms with Crippen LogP contribution in [0.3, 0.4) is 0 Å². The van der Waals surface area contributed by atoms with Gasteiger partial charge in [0.1, 0.15) is 21.4 Å². The molecule has 1 aromatic heterocycles. The van der Waals surface area contributed by atoms with Crippen molar-refractivity contribution in [3.63, 3.8) is 0 Å². The second kappa shape index (κ2) is 8.75. The lowest BCUT2D eigenvalue weighted by Gasteiger charge is -2.22. The first-order valence-electron chi connectivity index (χ1n) is 9.59. The number of methoxy groups -OCH3 is 1. The summed E-state index contributed by atoms with van der Waals surface area (Å²) in [5, 5.41) is 3.24. The Hall–Kier alpha value is -3.06. The Balaban J connectivity index is 2.00. The van der Waals surface area contributed by atoms with Crippen molar-refractivity contribution < 1.29 is 13.2 Å². The van der Waals surface area contributed by atoms with Crippen LogP contribution in [0.15, 0.2) is 54.7 Å². The molecule has 6 nitrogen and oxygen atoms in total. The van der Waals surface area contributed by atoms with Gasteiger partial charge in [-0.3, -0.25) is 0 Å². The van der Waals surface area contributed by atoms with Crippen LogP contribution in [0.2, 0.25) is 0 Å². The number of ether oxygens (including phenoxy) is 1. The highest BCUT2D eigenvalue weighted by Gasteiger charge is 2.21. The molecule has 0 amide bonds. The summed E-state index contributed by atoms with van der Waals surface area (Å²) in [6.45, 7) is 3.87. The van der Waals surface area contributed by atoms with Gasteiger partial charge >= 0.3 is 0 Å². The Morgan fingerprint density at radius 1 is 1.13 bits per heavy atom. The average Bonchev–Trinajstić information content (AvgIpc) is 2.71. The lowest BCUT2D eigenvalue weighted by Crippen LogP contribution is -2.22. The highest BCUT2D eigenvalue weighted by atomic mass is 32.2. The Morgan fingerprint density at radius 2 is 1.83 bits per heavy atom.